The van der Waals surface area contributed by atoms with Crippen molar-refractivity contribution in [3.05, 3.63) is 59.0 Å². The molecule has 30 heavy (non-hydrogen) atoms. The lowest BCUT2D eigenvalue weighted by atomic mass is 10.1. The third-order valence-corrected chi connectivity index (χ3v) is 5.58. The number of fused-ring (bicyclic) bond motifs is 1. The van der Waals surface area contributed by atoms with E-state index in [2.05, 4.69) is 10.1 Å². The zero-order chi connectivity index (χ0) is 21.3. The molecule has 4 aromatic heterocycles. The Balaban J connectivity index is 1.57. The minimum atomic E-state index is -0.587. The van der Waals surface area contributed by atoms with Crippen molar-refractivity contribution in [1.29, 1.82) is 0 Å². The van der Waals surface area contributed by atoms with Crippen LogP contribution in [0.1, 0.15) is 21.8 Å². The second-order valence-corrected chi connectivity index (χ2v) is 7.79. The third kappa shape index (κ3) is 3.84. The van der Waals surface area contributed by atoms with Crippen molar-refractivity contribution in [3.8, 4) is 10.6 Å². The number of aryl methyl sites for hydroxylation is 2. The Hall–Kier alpha value is -3.46. The quantitative estimate of drug-likeness (QED) is 0.441. The van der Waals surface area contributed by atoms with Crippen LogP contribution in [0.3, 0.4) is 0 Å². The van der Waals surface area contributed by atoms with E-state index >= 15 is 0 Å². The normalized spacial score (nSPS) is 11.0. The van der Waals surface area contributed by atoms with Crippen molar-refractivity contribution in [2.45, 2.75) is 13.5 Å². The number of ether oxygens (including phenoxy) is 1. The first-order valence-electron chi connectivity index (χ1n) is 9.25. The van der Waals surface area contributed by atoms with Crippen LogP contribution in [0.5, 0.6) is 0 Å². The topological polar surface area (TPSA) is 90.5 Å². The van der Waals surface area contributed by atoms with Crippen LogP contribution < -0.4 is 0 Å². The number of carbonyl (C=O) groups excluding carboxylic acids is 2. The van der Waals surface area contributed by atoms with E-state index in [-0.39, 0.29) is 12.5 Å². The van der Waals surface area contributed by atoms with Crippen LogP contribution in [-0.2, 0) is 23.1 Å². The fourth-order valence-electron chi connectivity index (χ4n) is 3.20. The van der Waals surface area contributed by atoms with Crippen LogP contribution in [0, 0.1) is 6.92 Å². The average Bonchev–Trinajstić information content (AvgIpc) is 3.48. The molecule has 0 aromatic carbocycles. The number of likely N-dealkylation sites (N-methyl/N-ethyl adjacent to an activating group) is 1. The zero-order valence-electron chi connectivity index (χ0n) is 16.8. The largest absolute Gasteiger partial charge is 0.467 e. The van der Waals surface area contributed by atoms with Crippen LogP contribution in [0.4, 0.5) is 0 Å². The van der Waals surface area contributed by atoms with Gasteiger partial charge < -0.3 is 14.1 Å². The molecule has 0 N–H and O–H groups in total. The maximum absolute atomic E-state index is 12.9. The van der Waals surface area contributed by atoms with Crippen molar-refractivity contribution < 1.29 is 18.7 Å². The van der Waals surface area contributed by atoms with Gasteiger partial charge in [-0.15, -0.1) is 11.3 Å². The molecule has 0 saturated carbocycles. The number of hydrogen-bond donors (Lipinski definition) is 0. The minimum Gasteiger partial charge on any atom is -0.467 e. The fraction of sp³-hybridized carbons (Fsp3) is 0.238. The molecule has 9 heteroatoms. The van der Waals surface area contributed by atoms with Crippen LogP contribution in [0.25, 0.3) is 21.6 Å². The van der Waals surface area contributed by atoms with Gasteiger partial charge in [-0.1, -0.05) is 6.07 Å². The number of furan rings is 1. The zero-order valence-corrected chi connectivity index (χ0v) is 17.6. The van der Waals surface area contributed by atoms with Gasteiger partial charge in [0.25, 0.3) is 5.91 Å². The minimum absolute atomic E-state index is 0.299. The Bertz CT molecular complexity index is 1200. The second-order valence-electron chi connectivity index (χ2n) is 6.85. The summed E-state index contributed by atoms with van der Waals surface area (Å²) in [6.07, 6.45) is 1.55. The highest BCUT2D eigenvalue weighted by Gasteiger charge is 2.22. The van der Waals surface area contributed by atoms with Gasteiger partial charge in [-0.05, 0) is 36.6 Å². The van der Waals surface area contributed by atoms with E-state index in [1.165, 1.54) is 16.2 Å². The lowest BCUT2D eigenvalue weighted by Gasteiger charge is -2.15. The van der Waals surface area contributed by atoms with Crippen molar-refractivity contribution in [1.82, 2.24) is 19.7 Å². The molecule has 8 nitrogen and oxygen atoms in total. The Kier molecular flexibility index (Phi) is 5.37. The van der Waals surface area contributed by atoms with Gasteiger partial charge >= 0.3 is 5.97 Å². The summed E-state index contributed by atoms with van der Waals surface area (Å²) in [5.41, 5.74) is 2.27. The van der Waals surface area contributed by atoms with Crippen LogP contribution in [0.15, 0.2) is 46.4 Å². The van der Waals surface area contributed by atoms with Gasteiger partial charge in [-0.2, -0.15) is 5.10 Å². The van der Waals surface area contributed by atoms with Gasteiger partial charge in [-0.3, -0.25) is 9.48 Å². The second kappa shape index (κ2) is 8.11. The van der Waals surface area contributed by atoms with E-state index in [4.69, 9.17) is 9.15 Å². The molecule has 0 fully saturated rings. The van der Waals surface area contributed by atoms with Crippen LogP contribution in [-0.4, -0.2) is 45.2 Å². The Morgan fingerprint density at radius 2 is 2.13 bits per heavy atom. The maximum Gasteiger partial charge on any atom is 0.339 e. The molecule has 0 bridgehead atoms. The number of hydrogen-bond acceptors (Lipinski definition) is 7. The number of carbonyl (C=O) groups is 2. The molecule has 154 valence electrons. The molecule has 0 aliphatic carbocycles. The Labute approximate surface area is 176 Å². The van der Waals surface area contributed by atoms with E-state index in [1.54, 1.807) is 43.2 Å². The van der Waals surface area contributed by atoms with Crippen molar-refractivity contribution in [2.24, 2.45) is 7.05 Å². The third-order valence-electron chi connectivity index (χ3n) is 4.69. The lowest BCUT2D eigenvalue weighted by Crippen LogP contribution is -2.30. The highest BCUT2D eigenvalue weighted by Crippen LogP contribution is 2.29. The summed E-state index contributed by atoms with van der Waals surface area (Å²) in [6, 6.07) is 9.09. The fourth-order valence-corrected chi connectivity index (χ4v) is 3.88. The van der Waals surface area contributed by atoms with Crippen molar-refractivity contribution in [3.63, 3.8) is 0 Å². The predicted molar refractivity (Wildman–Crippen MR) is 112 cm³/mol. The molecule has 1 amide bonds. The number of nitrogens with zero attached hydrogens (tertiary/aromatic N) is 4. The Morgan fingerprint density at radius 1 is 1.30 bits per heavy atom. The highest BCUT2D eigenvalue weighted by molar-refractivity contribution is 7.13. The summed E-state index contributed by atoms with van der Waals surface area (Å²) in [6.45, 7) is 1.74. The molecule has 4 heterocycles. The predicted octanol–water partition coefficient (Wildman–Crippen LogP) is 3.41. The van der Waals surface area contributed by atoms with E-state index in [1.807, 2.05) is 24.4 Å². The number of amides is 1. The number of pyridine rings is 1. The highest BCUT2D eigenvalue weighted by atomic mass is 32.1. The lowest BCUT2D eigenvalue weighted by molar-refractivity contribution is -0.133. The van der Waals surface area contributed by atoms with Crippen molar-refractivity contribution in [2.75, 3.05) is 13.7 Å². The summed E-state index contributed by atoms with van der Waals surface area (Å²) >= 11 is 1.53. The molecule has 4 aromatic rings. The van der Waals surface area contributed by atoms with Gasteiger partial charge in [0.05, 0.1) is 40.0 Å². The summed E-state index contributed by atoms with van der Waals surface area (Å²) in [5, 5.41) is 6.96. The standard InChI is InChI=1S/C21H20N4O4S/c1-13-19-15(10-16(17-7-5-9-30-17)22-20(19)25(3)23-13)21(27)29-12-18(26)24(2)11-14-6-4-8-28-14/h4-10H,11-12H2,1-3H3. The number of thiophene rings is 1. The first-order chi connectivity index (χ1) is 14.4. The summed E-state index contributed by atoms with van der Waals surface area (Å²) in [4.78, 5) is 32.3. The van der Waals surface area contributed by atoms with Crippen LogP contribution >= 0.6 is 11.3 Å². The summed E-state index contributed by atoms with van der Waals surface area (Å²) < 4.78 is 12.2. The maximum atomic E-state index is 12.9. The molecule has 0 saturated heterocycles. The summed E-state index contributed by atoms with van der Waals surface area (Å²) in [7, 11) is 3.41. The van der Waals surface area contributed by atoms with Gasteiger partial charge in [0.2, 0.25) is 0 Å². The molecule has 0 radical (unpaired) electrons. The van der Waals surface area contributed by atoms with Gasteiger partial charge in [0.1, 0.15) is 5.76 Å². The number of aromatic nitrogens is 3. The molecule has 0 aliphatic heterocycles. The molecule has 0 atom stereocenters. The molecule has 4 rings (SSSR count). The molecule has 0 aliphatic rings. The van der Waals surface area contributed by atoms with Gasteiger partial charge in [-0.25, -0.2) is 9.78 Å². The molecule has 0 spiro atoms. The van der Waals surface area contributed by atoms with Crippen LogP contribution in [0.2, 0.25) is 0 Å². The number of esters is 1. The average molecular weight is 424 g/mol. The summed E-state index contributed by atoms with van der Waals surface area (Å²) in [5.74, 6) is -0.262. The molecule has 0 unspecified atom stereocenters. The van der Waals surface area contributed by atoms with E-state index in [0.29, 0.717) is 40.3 Å². The molecular formula is C21H20N4O4S. The Morgan fingerprint density at radius 3 is 2.83 bits per heavy atom. The monoisotopic (exact) mass is 424 g/mol. The van der Waals surface area contributed by atoms with E-state index in [0.717, 1.165) is 4.88 Å². The first-order valence-corrected chi connectivity index (χ1v) is 10.1. The van der Waals surface area contributed by atoms with Gasteiger partial charge in [0, 0.05) is 14.1 Å². The SMILES string of the molecule is Cc1nn(C)c2nc(-c3cccs3)cc(C(=O)OCC(=O)N(C)Cc3ccco3)c12. The first kappa shape index (κ1) is 19.8. The molecular weight excluding hydrogens is 404 g/mol. The van der Waals surface area contributed by atoms with Crippen molar-refractivity contribution >= 4 is 34.2 Å². The van der Waals surface area contributed by atoms with E-state index in [9.17, 15) is 9.59 Å². The smallest absolute Gasteiger partial charge is 0.339 e. The van der Waals surface area contributed by atoms with E-state index < -0.39 is 5.97 Å². The number of rotatable bonds is 6. The van der Waals surface area contributed by atoms with Gasteiger partial charge in [0.15, 0.2) is 12.3 Å².